The monoisotopic (exact) mass is 320 g/mol. The third-order valence-corrected chi connectivity index (χ3v) is 5.68. The van der Waals surface area contributed by atoms with Crippen LogP contribution in [0.4, 0.5) is 0 Å². The molecule has 22 heavy (non-hydrogen) atoms. The summed E-state index contributed by atoms with van der Waals surface area (Å²) in [6.45, 7) is 10.1. The Balaban J connectivity index is 1.94. The lowest BCUT2D eigenvalue weighted by atomic mass is 9.98. The van der Waals surface area contributed by atoms with Crippen molar-refractivity contribution in [2.24, 2.45) is 5.92 Å². The van der Waals surface area contributed by atoms with Gasteiger partial charge in [0.1, 0.15) is 10.5 Å². The SMILES string of the molecule is Cc1nc(C(C)(C)NCC(=O)NC(C)(C#N)C2CC2)sc1C. The molecule has 1 heterocycles. The number of aryl methyl sites for hydroxylation is 2. The van der Waals surface area contributed by atoms with E-state index in [1.807, 2.05) is 27.7 Å². The van der Waals surface area contributed by atoms with Crippen molar-refractivity contribution in [1.82, 2.24) is 15.6 Å². The molecule has 6 heteroatoms. The molecule has 2 N–H and O–H groups in total. The molecule has 1 atom stereocenters. The van der Waals surface area contributed by atoms with E-state index in [9.17, 15) is 10.1 Å². The van der Waals surface area contributed by atoms with Gasteiger partial charge in [-0.3, -0.25) is 10.1 Å². The third-order valence-electron chi connectivity index (χ3n) is 4.28. The van der Waals surface area contributed by atoms with E-state index in [0.29, 0.717) is 5.92 Å². The van der Waals surface area contributed by atoms with Crippen molar-refractivity contribution < 1.29 is 4.79 Å². The Labute approximate surface area is 136 Å². The molecule has 0 bridgehead atoms. The zero-order valence-corrected chi connectivity index (χ0v) is 14.7. The maximum absolute atomic E-state index is 12.2. The fourth-order valence-electron chi connectivity index (χ4n) is 2.33. The lowest BCUT2D eigenvalue weighted by Crippen LogP contribution is -2.51. The number of rotatable bonds is 6. The Morgan fingerprint density at radius 3 is 2.50 bits per heavy atom. The zero-order chi connectivity index (χ0) is 16.5. The fraction of sp³-hybridized carbons (Fsp3) is 0.688. The summed E-state index contributed by atoms with van der Waals surface area (Å²) in [5.41, 5.74) is -0.0777. The quantitative estimate of drug-likeness (QED) is 0.843. The van der Waals surface area contributed by atoms with E-state index in [0.717, 1.165) is 23.5 Å². The van der Waals surface area contributed by atoms with Crippen LogP contribution in [0.3, 0.4) is 0 Å². The lowest BCUT2D eigenvalue weighted by molar-refractivity contribution is -0.122. The van der Waals surface area contributed by atoms with Gasteiger partial charge in [-0.1, -0.05) is 0 Å². The van der Waals surface area contributed by atoms with E-state index in [-0.39, 0.29) is 18.0 Å². The van der Waals surface area contributed by atoms with E-state index in [1.54, 1.807) is 18.3 Å². The van der Waals surface area contributed by atoms with Gasteiger partial charge in [0.2, 0.25) is 5.91 Å². The van der Waals surface area contributed by atoms with Crippen LogP contribution in [0.5, 0.6) is 0 Å². The first-order chi connectivity index (χ1) is 10.2. The number of amides is 1. The molecule has 1 aliphatic rings. The number of carbonyl (C=O) groups is 1. The topological polar surface area (TPSA) is 77.8 Å². The van der Waals surface area contributed by atoms with Crippen molar-refractivity contribution in [2.75, 3.05) is 6.54 Å². The summed E-state index contributed by atoms with van der Waals surface area (Å²) in [6, 6.07) is 2.24. The maximum Gasteiger partial charge on any atom is 0.235 e. The Kier molecular flexibility index (Phi) is 4.59. The molecule has 2 rings (SSSR count). The molecule has 120 valence electrons. The summed E-state index contributed by atoms with van der Waals surface area (Å²) in [6.07, 6.45) is 2.03. The molecule has 0 radical (unpaired) electrons. The summed E-state index contributed by atoms with van der Waals surface area (Å²) in [5, 5.41) is 16.4. The normalized spacial score (nSPS) is 17.6. The molecule has 1 amide bonds. The fourth-order valence-corrected chi connectivity index (χ4v) is 3.33. The number of aromatic nitrogens is 1. The minimum atomic E-state index is -0.739. The van der Waals surface area contributed by atoms with Gasteiger partial charge >= 0.3 is 0 Å². The van der Waals surface area contributed by atoms with Gasteiger partial charge in [0.05, 0.1) is 23.8 Å². The van der Waals surface area contributed by atoms with Crippen molar-refractivity contribution in [3.63, 3.8) is 0 Å². The largest absolute Gasteiger partial charge is 0.337 e. The molecular weight excluding hydrogens is 296 g/mol. The first-order valence-electron chi connectivity index (χ1n) is 7.60. The van der Waals surface area contributed by atoms with E-state index < -0.39 is 5.54 Å². The van der Waals surface area contributed by atoms with Crippen molar-refractivity contribution in [3.05, 3.63) is 15.6 Å². The number of nitriles is 1. The highest BCUT2D eigenvalue weighted by Gasteiger charge is 2.43. The van der Waals surface area contributed by atoms with Crippen molar-refractivity contribution in [2.45, 2.75) is 58.5 Å². The second-order valence-electron chi connectivity index (χ2n) is 6.78. The van der Waals surface area contributed by atoms with Crippen LogP contribution >= 0.6 is 11.3 Å². The van der Waals surface area contributed by atoms with Crippen molar-refractivity contribution >= 4 is 17.2 Å². The van der Waals surface area contributed by atoms with Crippen LogP contribution in [0.15, 0.2) is 0 Å². The summed E-state index contributed by atoms with van der Waals surface area (Å²) < 4.78 is 0. The van der Waals surface area contributed by atoms with Gasteiger partial charge in [-0.2, -0.15) is 5.26 Å². The molecule has 0 saturated heterocycles. The van der Waals surface area contributed by atoms with Crippen LogP contribution in [0.25, 0.3) is 0 Å². The molecule has 5 nitrogen and oxygen atoms in total. The highest BCUT2D eigenvalue weighted by atomic mass is 32.1. The standard InChI is InChI=1S/C16H24N4OS/c1-10-11(2)22-14(19-10)15(3,4)18-8-13(21)20-16(5,9-17)12-6-7-12/h12,18H,6-8H2,1-5H3,(H,20,21). The van der Waals surface area contributed by atoms with Gasteiger partial charge < -0.3 is 5.32 Å². The minimum Gasteiger partial charge on any atom is -0.337 e. The molecule has 1 aromatic heterocycles. The number of thiazole rings is 1. The smallest absolute Gasteiger partial charge is 0.235 e. The summed E-state index contributed by atoms with van der Waals surface area (Å²) >= 11 is 1.65. The predicted molar refractivity (Wildman–Crippen MR) is 87.5 cm³/mol. The molecule has 1 saturated carbocycles. The highest BCUT2D eigenvalue weighted by molar-refractivity contribution is 7.11. The predicted octanol–water partition coefficient (Wildman–Crippen LogP) is 2.39. The van der Waals surface area contributed by atoms with Crippen LogP contribution in [0.1, 0.15) is 49.2 Å². The number of carbonyl (C=O) groups excluding carboxylic acids is 1. The van der Waals surface area contributed by atoms with E-state index >= 15 is 0 Å². The average molecular weight is 320 g/mol. The van der Waals surface area contributed by atoms with Crippen LogP contribution in [-0.4, -0.2) is 23.0 Å². The summed E-state index contributed by atoms with van der Waals surface area (Å²) in [5.74, 6) is 0.146. The summed E-state index contributed by atoms with van der Waals surface area (Å²) in [4.78, 5) is 17.9. The van der Waals surface area contributed by atoms with Gasteiger partial charge in [-0.15, -0.1) is 11.3 Å². The van der Waals surface area contributed by atoms with E-state index in [1.165, 1.54) is 4.88 Å². The maximum atomic E-state index is 12.2. The first-order valence-corrected chi connectivity index (χ1v) is 8.41. The Morgan fingerprint density at radius 1 is 1.41 bits per heavy atom. The Morgan fingerprint density at radius 2 is 2.05 bits per heavy atom. The minimum absolute atomic E-state index is 0.144. The van der Waals surface area contributed by atoms with Crippen molar-refractivity contribution in [1.29, 1.82) is 5.26 Å². The van der Waals surface area contributed by atoms with Crippen LogP contribution in [-0.2, 0) is 10.3 Å². The number of nitrogens with zero attached hydrogens (tertiary/aromatic N) is 2. The molecule has 0 aliphatic heterocycles. The first kappa shape index (κ1) is 16.9. The molecule has 1 fully saturated rings. The van der Waals surface area contributed by atoms with Gasteiger partial charge in [0.25, 0.3) is 0 Å². The average Bonchev–Trinajstić information content (AvgIpc) is 3.24. The van der Waals surface area contributed by atoms with Crippen molar-refractivity contribution in [3.8, 4) is 6.07 Å². The van der Waals surface area contributed by atoms with Gasteiger partial charge in [-0.05, 0) is 53.4 Å². The molecule has 0 aromatic carbocycles. The zero-order valence-electron chi connectivity index (χ0n) is 13.9. The lowest BCUT2D eigenvalue weighted by Gasteiger charge is -2.26. The van der Waals surface area contributed by atoms with Gasteiger partial charge in [0.15, 0.2) is 0 Å². The molecule has 1 unspecified atom stereocenters. The summed E-state index contributed by atoms with van der Waals surface area (Å²) in [7, 11) is 0. The van der Waals surface area contributed by atoms with Crippen LogP contribution in [0.2, 0.25) is 0 Å². The van der Waals surface area contributed by atoms with Crippen LogP contribution < -0.4 is 10.6 Å². The number of nitrogens with one attached hydrogen (secondary N) is 2. The number of hydrogen-bond acceptors (Lipinski definition) is 5. The molecular formula is C16H24N4OS. The van der Waals surface area contributed by atoms with Gasteiger partial charge in [-0.25, -0.2) is 4.98 Å². The molecule has 1 aliphatic carbocycles. The van der Waals surface area contributed by atoms with Gasteiger partial charge in [0, 0.05) is 4.88 Å². The second-order valence-corrected chi connectivity index (χ2v) is 7.98. The Bertz CT molecular complexity index is 593. The second kappa shape index (κ2) is 5.98. The van der Waals surface area contributed by atoms with Crippen LogP contribution in [0, 0.1) is 31.1 Å². The van der Waals surface area contributed by atoms with E-state index in [2.05, 4.69) is 21.7 Å². The third kappa shape index (κ3) is 3.65. The number of hydrogen-bond donors (Lipinski definition) is 2. The molecule has 0 spiro atoms. The van der Waals surface area contributed by atoms with E-state index in [4.69, 9.17) is 0 Å². The highest BCUT2D eigenvalue weighted by Crippen LogP contribution is 2.39. The molecule has 1 aromatic rings. The Hall–Kier alpha value is -1.45.